The van der Waals surface area contributed by atoms with Crippen LogP contribution in [0.25, 0.3) is 6.08 Å². The molecule has 0 fully saturated rings. The highest BCUT2D eigenvalue weighted by molar-refractivity contribution is 5.78. The fourth-order valence-corrected chi connectivity index (χ4v) is 0.971. The monoisotopic (exact) mass is 178 g/mol. The van der Waals surface area contributed by atoms with E-state index in [0.29, 0.717) is 6.42 Å². The molecule has 1 aromatic carbocycles. The van der Waals surface area contributed by atoms with Crippen LogP contribution in [0.15, 0.2) is 30.3 Å². The molecule has 0 bridgehead atoms. The summed E-state index contributed by atoms with van der Waals surface area (Å²) >= 11 is 0. The van der Waals surface area contributed by atoms with Crippen LogP contribution in [-0.2, 0) is 4.79 Å². The van der Waals surface area contributed by atoms with E-state index in [2.05, 4.69) is 0 Å². The van der Waals surface area contributed by atoms with Crippen LogP contribution in [-0.4, -0.2) is 5.78 Å². The predicted molar refractivity (Wildman–Crippen MR) is 50.7 cm³/mol. The van der Waals surface area contributed by atoms with Crippen LogP contribution in [0, 0.1) is 5.82 Å². The molecule has 2 heteroatoms. The highest BCUT2D eigenvalue weighted by Crippen LogP contribution is 2.05. The second-order valence-corrected chi connectivity index (χ2v) is 2.86. The minimum Gasteiger partial charge on any atom is -0.300 e. The van der Waals surface area contributed by atoms with Gasteiger partial charge in [0.05, 0.1) is 0 Å². The number of ketones is 1. The van der Waals surface area contributed by atoms with Crippen molar-refractivity contribution in [2.75, 3.05) is 0 Å². The summed E-state index contributed by atoms with van der Waals surface area (Å²) in [6.07, 6.45) is 3.87. The molecule has 0 amide bonds. The van der Waals surface area contributed by atoms with Gasteiger partial charge in [-0.25, -0.2) is 4.39 Å². The average Bonchev–Trinajstić information content (AvgIpc) is 2.03. The molecule has 0 aliphatic carbocycles. The summed E-state index contributed by atoms with van der Waals surface area (Å²) in [4.78, 5) is 10.6. The zero-order chi connectivity index (χ0) is 9.68. The normalized spacial score (nSPS) is 10.6. The lowest BCUT2D eigenvalue weighted by Gasteiger charge is -1.92. The van der Waals surface area contributed by atoms with E-state index >= 15 is 0 Å². The van der Waals surface area contributed by atoms with E-state index in [0.717, 1.165) is 5.56 Å². The number of benzene rings is 1. The first-order valence-electron chi connectivity index (χ1n) is 4.10. The van der Waals surface area contributed by atoms with Crippen molar-refractivity contribution >= 4 is 11.9 Å². The first-order valence-corrected chi connectivity index (χ1v) is 4.10. The van der Waals surface area contributed by atoms with Gasteiger partial charge in [-0.15, -0.1) is 0 Å². The molecule has 0 aromatic heterocycles. The maximum atomic E-state index is 12.7. The van der Waals surface area contributed by atoms with Crippen LogP contribution in [0.2, 0.25) is 0 Å². The van der Waals surface area contributed by atoms with Crippen molar-refractivity contribution in [2.45, 2.75) is 13.3 Å². The minimum atomic E-state index is -0.259. The van der Waals surface area contributed by atoms with Gasteiger partial charge in [-0.2, -0.15) is 0 Å². The van der Waals surface area contributed by atoms with Crippen LogP contribution in [0.5, 0.6) is 0 Å². The molecule has 0 saturated heterocycles. The van der Waals surface area contributed by atoms with E-state index in [9.17, 15) is 9.18 Å². The third kappa shape index (κ3) is 3.65. The minimum absolute atomic E-state index is 0.104. The maximum Gasteiger partial charge on any atom is 0.133 e. The van der Waals surface area contributed by atoms with Gasteiger partial charge in [0.2, 0.25) is 0 Å². The van der Waals surface area contributed by atoms with Crippen molar-refractivity contribution in [3.8, 4) is 0 Å². The summed E-state index contributed by atoms with van der Waals surface area (Å²) in [6, 6.07) is 6.25. The van der Waals surface area contributed by atoms with E-state index in [-0.39, 0.29) is 11.6 Å². The Morgan fingerprint density at radius 1 is 1.54 bits per heavy atom. The predicted octanol–water partition coefficient (Wildman–Crippen LogP) is 2.82. The van der Waals surface area contributed by atoms with Gasteiger partial charge in [0, 0.05) is 6.42 Å². The summed E-state index contributed by atoms with van der Waals surface area (Å²) in [5, 5.41) is 0. The summed E-state index contributed by atoms with van der Waals surface area (Å²) in [5.74, 6) is -0.155. The number of hydrogen-bond acceptors (Lipinski definition) is 1. The van der Waals surface area contributed by atoms with Gasteiger partial charge in [0.15, 0.2) is 0 Å². The molecule has 0 radical (unpaired) electrons. The molecular formula is C11H11FO. The molecule has 1 aromatic rings. The number of halogens is 1. The van der Waals surface area contributed by atoms with E-state index < -0.39 is 0 Å². The van der Waals surface area contributed by atoms with Gasteiger partial charge >= 0.3 is 0 Å². The van der Waals surface area contributed by atoms with Crippen molar-refractivity contribution in [3.05, 3.63) is 41.7 Å². The van der Waals surface area contributed by atoms with E-state index in [1.165, 1.54) is 19.1 Å². The summed E-state index contributed by atoms with van der Waals surface area (Å²) in [7, 11) is 0. The van der Waals surface area contributed by atoms with Crippen molar-refractivity contribution in [1.29, 1.82) is 0 Å². The first-order chi connectivity index (χ1) is 6.18. The van der Waals surface area contributed by atoms with Crippen LogP contribution in [0.1, 0.15) is 18.9 Å². The smallest absolute Gasteiger partial charge is 0.133 e. The van der Waals surface area contributed by atoms with Crippen LogP contribution >= 0.6 is 0 Å². The molecule has 0 spiro atoms. The number of allylic oxidation sites excluding steroid dienone is 1. The quantitative estimate of drug-likeness (QED) is 0.695. The SMILES string of the molecule is CC(=O)C/C=C/c1cccc(F)c1. The average molecular weight is 178 g/mol. The fourth-order valence-electron chi connectivity index (χ4n) is 0.971. The second-order valence-electron chi connectivity index (χ2n) is 2.86. The Morgan fingerprint density at radius 3 is 2.92 bits per heavy atom. The lowest BCUT2D eigenvalue weighted by atomic mass is 10.2. The highest BCUT2D eigenvalue weighted by Gasteiger charge is 1.90. The van der Waals surface area contributed by atoms with E-state index in [1.54, 1.807) is 24.3 Å². The van der Waals surface area contributed by atoms with Gasteiger partial charge in [-0.05, 0) is 24.6 Å². The maximum absolute atomic E-state index is 12.7. The third-order valence-electron chi connectivity index (χ3n) is 1.56. The molecule has 0 aliphatic rings. The van der Waals surface area contributed by atoms with Gasteiger partial charge in [-0.1, -0.05) is 24.3 Å². The Kier molecular flexibility index (Phi) is 3.38. The van der Waals surface area contributed by atoms with Crippen molar-refractivity contribution in [2.24, 2.45) is 0 Å². The van der Waals surface area contributed by atoms with Crippen LogP contribution in [0.3, 0.4) is 0 Å². The zero-order valence-corrected chi connectivity index (χ0v) is 7.46. The number of carbonyl (C=O) groups is 1. The molecule has 0 heterocycles. The van der Waals surface area contributed by atoms with Crippen molar-refractivity contribution in [3.63, 3.8) is 0 Å². The van der Waals surface area contributed by atoms with E-state index in [1.807, 2.05) is 0 Å². The summed E-state index contributed by atoms with van der Waals surface area (Å²) in [5.41, 5.74) is 0.779. The van der Waals surface area contributed by atoms with Crippen LogP contribution < -0.4 is 0 Å². The van der Waals surface area contributed by atoms with Gasteiger partial charge < -0.3 is 0 Å². The Bertz CT molecular complexity index is 329. The second kappa shape index (κ2) is 4.55. The molecule has 68 valence electrons. The molecule has 0 atom stereocenters. The number of carbonyl (C=O) groups excluding carboxylic acids is 1. The summed E-state index contributed by atoms with van der Waals surface area (Å²) < 4.78 is 12.7. The fraction of sp³-hybridized carbons (Fsp3) is 0.182. The summed E-state index contributed by atoms with van der Waals surface area (Å²) in [6.45, 7) is 1.52. The standard InChI is InChI=1S/C11H11FO/c1-9(13)4-2-5-10-6-3-7-11(12)8-10/h2-3,5-8H,4H2,1H3/b5-2+. The van der Waals surface area contributed by atoms with Gasteiger partial charge in [-0.3, -0.25) is 4.79 Å². The lowest BCUT2D eigenvalue weighted by molar-refractivity contribution is -0.116. The largest absolute Gasteiger partial charge is 0.300 e. The lowest BCUT2D eigenvalue weighted by Crippen LogP contribution is -1.84. The molecule has 1 rings (SSSR count). The topological polar surface area (TPSA) is 17.1 Å². The molecule has 0 unspecified atom stereocenters. The molecule has 0 N–H and O–H groups in total. The van der Waals surface area contributed by atoms with Gasteiger partial charge in [0.1, 0.15) is 11.6 Å². The number of hydrogen-bond donors (Lipinski definition) is 0. The molecule has 0 aliphatic heterocycles. The molecule has 13 heavy (non-hydrogen) atoms. The van der Waals surface area contributed by atoms with Crippen LogP contribution in [0.4, 0.5) is 4.39 Å². The van der Waals surface area contributed by atoms with E-state index in [4.69, 9.17) is 0 Å². The number of Topliss-reactive ketones (excluding diaryl/α,β-unsaturated/α-hetero) is 1. The Balaban J connectivity index is 2.63. The zero-order valence-electron chi connectivity index (χ0n) is 7.46. The third-order valence-corrected chi connectivity index (χ3v) is 1.56. The molecular weight excluding hydrogens is 167 g/mol. The molecule has 0 saturated carbocycles. The first kappa shape index (κ1) is 9.65. The van der Waals surface area contributed by atoms with Crippen molar-refractivity contribution < 1.29 is 9.18 Å². The Labute approximate surface area is 76.9 Å². The van der Waals surface area contributed by atoms with Crippen molar-refractivity contribution in [1.82, 2.24) is 0 Å². The van der Waals surface area contributed by atoms with Gasteiger partial charge in [0.25, 0.3) is 0 Å². The number of rotatable bonds is 3. The molecule has 1 nitrogen and oxygen atoms in total. The highest BCUT2D eigenvalue weighted by atomic mass is 19.1. The Hall–Kier alpha value is -1.44. The Morgan fingerprint density at radius 2 is 2.31 bits per heavy atom.